The number of aromatic nitrogens is 2. The quantitative estimate of drug-likeness (QED) is 0.945. The maximum Gasteiger partial charge on any atom is 0.257 e. The molecule has 1 amide bonds. The third-order valence-electron chi connectivity index (χ3n) is 3.81. The van der Waals surface area contributed by atoms with E-state index in [4.69, 9.17) is 11.6 Å². The van der Waals surface area contributed by atoms with Gasteiger partial charge in [-0.05, 0) is 50.5 Å². The lowest BCUT2D eigenvalue weighted by atomic mass is 10.2. The SMILES string of the molecule is Cc1nc2c(c(=O)n1CC(=O)Nc1ccc(Cl)cc1)CCC2. The molecule has 0 spiro atoms. The van der Waals surface area contributed by atoms with Gasteiger partial charge in [-0.1, -0.05) is 11.6 Å². The first-order valence-corrected chi connectivity index (χ1v) is 7.57. The van der Waals surface area contributed by atoms with Crippen LogP contribution < -0.4 is 10.9 Å². The molecule has 2 aromatic rings. The molecule has 22 heavy (non-hydrogen) atoms. The second-order valence-corrected chi connectivity index (χ2v) is 5.82. The van der Waals surface area contributed by atoms with Crippen molar-refractivity contribution in [2.75, 3.05) is 5.32 Å². The van der Waals surface area contributed by atoms with E-state index in [-0.39, 0.29) is 18.0 Å². The first-order chi connectivity index (χ1) is 10.5. The number of nitrogens with one attached hydrogen (secondary N) is 1. The highest BCUT2D eigenvalue weighted by molar-refractivity contribution is 6.30. The Bertz CT molecular complexity index is 781. The van der Waals surface area contributed by atoms with Crippen LogP contribution in [0, 0.1) is 6.92 Å². The second-order valence-electron chi connectivity index (χ2n) is 5.38. The van der Waals surface area contributed by atoms with Gasteiger partial charge in [-0.15, -0.1) is 0 Å². The maximum absolute atomic E-state index is 12.4. The number of carbonyl (C=O) groups is 1. The molecule has 1 aromatic carbocycles. The summed E-state index contributed by atoms with van der Waals surface area (Å²) in [6.07, 6.45) is 2.56. The van der Waals surface area contributed by atoms with Crippen molar-refractivity contribution in [1.82, 2.24) is 9.55 Å². The van der Waals surface area contributed by atoms with Gasteiger partial charge in [-0.2, -0.15) is 0 Å². The van der Waals surface area contributed by atoms with Gasteiger partial charge >= 0.3 is 0 Å². The third kappa shape index (κ3) is 2.90. The van der Waals surface area contributed by atoms with E-state index in [0.717, 1.165) is 30.5 Å². The number of hydrogen-bond acceptors (Lipinski definition) is 3. The summed E-state index contributed by atoms with van der Waals surface area (Å²) in [6, 6.07) is 6.84. The predicted molar refractivity (Wildman–Crippen MR) is 85.3 cm³/mol. The van der Waals surface area contributed by atoms with Gasteiger partial charge in [0.2, 0.25) is 5.91 Å². The number of anilines is 1. The van der Waals surface area contributed by atoms with Gasteiger partial charge < -0.3 is 5.32 Å². The van der Waals surface area contributed by atoms with E-state index in [1.54, 1.807) is 31.2 Å². The molecule has 0 fully saturated rings. The van der Waals surface area contributed by atoms with Crippen molar-refractivity contribution in [3.63, 3.8) is 0 Å². The predicted octanol–water partition coefficient (Wildman–Crippen LogP) is 2.33. The van der Waals surface area contributed by atoms with Crippen LogP contribution in [0.1, 0.15) is 23.5 Å². The summed E-state index contributed by atoms with van der Waals surface area (Å²) in [7, 11) is 0. The summed E-state index contributed by atoms with van der Waals surface area (Å²) >= 11 is 5.81. The topological polar surface area (TPSA) is 64.0 Å². The van der Waals surface area contributed by atoms with E-state index in [2.05, 4.69) is 10.3 Å². The van der Waals surface area contributed by atoms with Crippen LogP contribution in [0.3, 0.4) is 0 Å². The Morgan fingerprint density at radius 3 is 2.77 bits per heavy atom. The number of amides is 1. The van der Waals surface area contributed by atoms with Gasteiger partial charge in [0, 0.05) is 16.3 Å². The van der Waals surface area contributed by atoms with Crippen molar-refractivity contribution in [3.8, 4) is 0 Å². The Morgan fingerprint density at radius 1 is 1.32 bits per heavy atom. The van der Waals surface area contributed by atoms with Gasteiger partial charge in [0.05, 0.1) is 5.69 Å². The molecule has 0 saturated heterocycles. The van der Waals surface area contributed by atoms with Crippen LogP contribution in [0.15, 0.2) is 29.1 Å². The standard InChI is InChI=1S/C16H16ClN3O2/c1-10-18-14-4-2-3-13(14)16(22)20(10)9-15(21)19-12-7-5-11(17)6-8-12/h5-8H,2-4,9H2,1H3,(H,19,21). The average Bonchev–Trinajstić information content (AvgIpc) is 2.94. The number of rotatable bonds is 3. The largest absolute Gasteiger partial charge is 0.325 e. The maximum atomic E-state index is 12.4. The first-order valence-electron chi connectivity index (χ1n) is 7.19. The molecule has 0 bridgehead atoms. The lowest BCUT2D eigenvalue weighted by Crippen LogP contribution is -2.32. The molecule has 0 unspecified atom stereocenters. The summed E-state index contributed by atoms with van der Waals surface area (Å²) in [5, 5.41) is 3.36. The van der Waals surface area contributed by atoms with Crippen LogP contribution in [0.25, 0.3) is 0 Å². The van der Waals surface area contributed by atoms with Crippen molar-refractivity contribution < 1.29 is 4.79 Å². The van der Waals surface area contributed by atoms with Gasteiger partial charge in [0.25, 0.3) is 5.56 Å². The first kappa shape index (κ1) is 14.8. The highest BCUT2D eigenvalue weighted by Gasteiger charge is 2.20. The van der Waals surface area contributed by atoms with Crippen molar-refractivity contribution in [3.05, 3.63) is 56.7 Å². The summed E-state index contributed by atoms with van der Waals surface area (Å²) < 4.78 is 1.44. The van der Waals surface area contributed by atoms with Crippen molar-refractivity contribution in [1.29, 1.82) is 0 Å². The minimum atomic E-state index is -0.257. The lowest BCUT2D eigenvalue weighted by Gasteiger charge is -2.12. The number of hydrogen-bond donors (Lipinski definition) is 1. The fraction of sp³-hybridized carbons (Fsp3) is 0.312. The molecule has 0 saturated carbocycles. The lowest BCUT2D eigenvalue weighted by molar-refractivity contribution is -0.116. The molecule has 1 heterocycles. The van der Waals surface area contributed by atoms with Gasteiger partial charge in [-0.25, -0.2) is 4.98 Å². The van der Waals surface area contributed by atoms with E-state index in [1.165, 1.54) is 4.57 Å². The average molecular weight is 318 g/mol. The minimum absolute atomic E-state index is 0.0342. The fourth-order valence-electron chi connectivity index (χ4n) is 2.71. The smallest absolute Gasteiger partial charge is 0.257 e. The third-order valence-corrected chi connectivity index (χ3v) is 4.06. The Labute approximate surface area is 132 Å². The summed E-state index contributed by atoms with van der Waals surface area (Å²) in [6.45, 7) is 1.73. The molecule has 3 rings (SSSR count). The summed E-state index contributed by atoms with van der Waals surface area (Å²) in [4.78, 5) is 29.0. The summed E-state index contributed by atoms with van der Waals surface area (Å²) in [5.74, 6) is 0.323. The van der Waals surface area contributed by atoms with Gasteiger partial charge in [-0.3, -0.25) is 14.2 Å². The fourth-order valence-corrected chi connectivity index (χ4v) is 2.84. The molecule has 0 aliphatic heterocycles. The number of nitrogens with zero attached hydrogens (tertiary/aromatic N) is 2. The van der Waals surface area contributed by atoms with Crippen molar-refractivity contribution >= 4 is 23.2 Å². The Hall–Kier alpha value is -2.14. The van der Waals surface area contributed by atoms with Crippen LogP contribution in [0.2, 0.25) is 5.02 Å². The Kier molecular flexibility index (Phi) is 3.98. The number of aryl methyl sites for hydroxylation is 2. The number of carbonyl (C=O) groups excluding carboxylic acids is 1. The highest BCUT2D eigenvalue weighted by atomic mass is 35.5. The van der Waals surface area contributed by atoms with E-state index in [1.807, 2.05) is 0 Å². The van der Waals surface area contributed by atoms with Crippen LogP contribution >= 0.6 is 11.6 Å². The van der Waals surface area contributed by atoms with E-state index in [0.29, 0.717) is 16.5 Å². The number of benzene rings is 1. The Morgan fingerprint density at radius 2 is 2.05 bits per heavy atom. The normalized spacial score (nSPS) is 13.0. The van der Waals surface area contributed by atoms with Crippen molar-refractivity contribution in [2.45, 2.75) is 32.7 Å². The number of fused-ring (bicyclic) bond motifs is 1. The summed E-state index contributed by atoms with van der Waals surface area (Å²) in [5.41, 5.74) is 2.20. The molecule has 6 heteroatoms. The van der Waals surface area contributed by atoms with Crippen LogP contribution in [0.5, 0.6) is 0 Å². The van der Waals surface area contributed by atoms with E-state index < -0.39 is 0 Å². The van der Waals surface area contributed by atoms with E-state index in [9.17, 15) is 9.59 Å². The molecule has 1 N–H and O–H groups in total. The monoisotopic (exact) mass is 317 g/mol. The molecule has 0 radical (unpaired) electrons. The van der Waals surface area contributed by atoms with E-state index >= 15 is 0 Å². The molecular weight excluding hydrogens is 302 g/mol. The van der Waals surface area contributed by atoms with Crippen LogP contribution in [-0.2, 0) is 24.2 Å². The molecular formula is C16H16ClN3O2. The molecule has 1 aliphatic carbocycles. The van der Waals surface area contributed by atoms with Gasteiger partial charge in [0.15, 0.2) is 0 Å². The minimum Gasteiger partial charge on any atom is -0.325 e. The molecule has 114 valence electrons. The molecule has 1 aliphatic rings. The van der Waals surface area contributed by atoms with Crippen molar-refractivity contribution in [2.24, 2.45) is 0 Å². The number of halogens is 1. The Balaban J connectivity index is 1.80. The zero-order valence-corrected chi connectivity index (χ0v) is 13.0. The second kappa shape index (κ2) is 5.93. The van der Waals surface area contributed by atoms with Crippen LogP contribution in [0.4, 0.5) is 5.69 Å². The zero-order valence-electron chi connectivity index (χ0n) is 12.2. The zero-order chi connectivity index (χ0) is 15.7. The van der Waals surface area contributed by atoms with Crippen LogP contribution in [-0.4, -0.2) is 15.5 Å². The highest BCUT2D eigenvalue weighted by Crippen LogP contribution is 2.17. The molecule has 1 aromatic heterocycles. The van der Waals surface area contributed by atoms with Gasteiger partial charge in [0.1, 0.15) is 12.4 Å². The molecule has 0 atom stereocenters. The molecule has 5 nitrogen and oxygen atoms in total.